The zero-order chi connectivity index (χ0) is 26.9. The van der Waals surface area contributed by atoms with Crippen molar-refractivity contribution in [2.45, 2.75) is 52.2 Å². The van der Waals surface area contributed by atoms with E-state index in [0.29, 0.717) is 25.2 Å². The van der Waals surface area contributed by atoms with Crippen LogP contribution < -0.4 is 15.5 Å². The standard InChI is InChI=1S/C30H37FN4O2/c1-6-27(23-10-8-7-9-11-23)29(36)35(19-22-12-14-25(31)15-13-22)20-24-18-26(16-17-28(24)34(4)5)33-30(37)32-21(2)3/h7-18,21,27H,6,19-20H2,1-5H3,(H2,32,33,37)/t27-/m1/s1. The fraction of sp³-hybridized carbons (Fsp3) is 0.333. The van der Waals surface area contributed by atoms with Crippen LogP contribution in [0.5, 0.6) is 0 Å². The van der Waals surface area contributed by atoms with Gasteiger partial charge in [-0.25, -0.2) is 9.18 Å². The van der Waals surface area contributed by atoms with E-state index in [-0.39, 0.29) is 29.7 Å². The third-order valence-corrected chi connectivity index (χ3v) is 6.11. The lowest BCUT2D eigenvalue weighted by Crippen LogP contribution is -2.35. The number of nitrogens with zero attached hydrogens (tertiary/aromatic N) is 2. The SMILES string of the molecule is CC[C@@H](C(=O)N(Cc1ccc(F)cc1)Cc1cc(NC(=O)NC(C)C)ccc1N(C)C)c1ccccc1. The van der Waals surface area contributed by atoms with Crippen molar-refractivity contribution in [2.75, 3.05) is 24.3 Å². The molecule has 2 N–H and O–H groups in total. The zero-order valence-electron chi connectivity index (χ0n) is 22.3. The van der Waals surface area contributed by atoms with Gasteiger partial charge in [-0.3, -0.25) is 4.79 Å². The Bertz CT molecular complexity index is 1180. The zero-order valence-corrected chi connectivity index (χ0v) is 22.3. The Hall–Kier alpha value is -3.87. The average Bonchev–Trinajstić information content (AvgIpc) is 2.85. The van der Waals surface area contributed by atoms with Gasteiger partial charge in [-0.1, -0.05) is 49.4 Å². The highest BCUT2D eigenvalue weighted by atomic mass is 19.1. The molecule has 0 heterocycles. The summed E-state index contributed by atoms with van der Waals surface area (Å²) in [6, 6.07) is 21.4. The van der Waals surface area contributed by atoms with Crippen molar-refractivity contribution in [3.05, 3.63) is 95.3 Å². The van der Waals surface area contributed by atoms with E-state index >= 15 is 0 Å². The van der Waals surface area contributed by atoms with Crippen molar-refractivity contribution in [2.24, 2.45) is 0 Å². The minimum absolute atomic E-state index is 0.00126. The Morgan fingerprint density at radius 1 is 0.919 bits per heavy atom. The molecular formula is C30H37FN4O2. The molecule has 1 atom stereocenters. The monoisotopic (exact) mass is 504 g/mol. The fourth-order valence-corrected chi connectivity index (χ4v) is 4.34. The molecule has 3 amide bonds. The first-order valence-corrected chi connectivity index (χ1v) is 12.6. The Labute approximate surface area is 219 Å². The summed E-state index contributed by atoms with van der Waals surface area (Å²) in [7, 11) is 3.89. The Morgan fingerprint density at radius 2 is 1.59 bits per heavy atom. The number of hydrogen-bond donors (Lipinski definition) is 2. The Morgan fingerprint density at radius 3 is 2.19 bits per heavy atom. The second-order valence-electron chi connectivity index (χ2n) is 9.68. The smallest absolute Gasteiger partial charge is 0.319 e. The van der Waals surface area contributed by atoms with E-state index in [0.717, 1.165) is 22.4 Å². The summed E-state index contributed by atoms with van der Waals surface area (Å²) in [6.45, 7) is 6.47. The molecule has 6 nitrogen and oxygen atoms in total. The lowest BCUT2D eigenvalue weighted by atomic mass is 9.94. The summed E-state index contributed by atoms with van der Waals surface area (Å²) < 4.78 is 13.6. The molecule has 0 unspecified atom stereocenters. The topological polar surface area (TPSA) is 64.7 Å². The first-order chi connectivity index (χ1) is 17.7. The van der Waals surface area contributed by atoms with Gasteiger partial charge in [0, 0.05) is 44.6 Å². The molecular weight excluding hydrogens is 467 g/mol. The number of amides is 3. The number of rotatable bonds is 10. The molecule has 0 bridgehead atoms. The lowest BCUT2D eigenvalue weighted by Gasteiger charge is -2.29. The van der Waals surface area contributed by atoms with Crippen LogP contribution in [0.25, 0.3) is 0 Å². The number of carbonyl (C=O) groups excluding carboxylic acids is 2. The van der Waals surface area contributed by atoms with Crippen LogP contribution in [0, 0.1) is 5.82 Å². The molecule has 0 fully saturated rings. The van der Waals surface area contributed by atoms with Crippen LogP contribution in [0.15, 0.2) is 72.8 Å². The average molecular weight is 505 g/mol. The number of nitrogens with one attached hydrogen (secondary N) is 2. The molecule has 0 aromatic heterocycles. The second-order valence-corrected chi connectivity index (χ2v) is 9.68. The van der Waals surface area contributed by atoms with Crippen LogP contribution in [0.1, 0.15) is 49.8 Å². The summed E-state index contributed by atoms with van der Waals surface area (Å²) >= 11 is 0. The van der Waals surface area contributed by atoms with Gasteiger partial charge >= 0.3 is 6.03 Å². The summed E-state index contributed by atoms with van der Waals surface area (Å²) in [5.74, 6) is -0.619. The minimum Gasteiger partial charge on any atom is -0.377 e. The molecule has 0 aliphatic heterocycles. The highest BCUT2D eigenvalue weighted by Gasteiger charge is 2.26. The first kappa shape index (κ1) is 27.7. The van der Waals surface area contributed by atoms with Gasteiger partial charge in [-0.05, 0) is 67.3 Å². The molecule has 0 aliphatic rings. The molecule has 3 rings (SSSR count). The van der Waals surface area contributed by atoms with Crippen LogP contribution in [-0.4, -0.2) is 37.0 Å². The summed E-state index contributed by atoms with van der Waals surface area (Å²) in [5, 5.41) is 5.71. The third kappa shape index (κ3) is 7.81. The molecule has 0 radical (unpaired) electrons. The van der Waals surface area contributed by atoms with E-state index in [9.17, 15) is 14.0 Å². The van der Waals surface area contributed by atoms with E-state index in [2.05, 4.69) is 10.6 Å². The predicted molar refractivity (Wildman–Crippen MR) is 148 cm³/mol. The van der Waals surface area contributed by atoms with Gasteiger partial charge < -0.3 is 20.4 Å². The van der Waals surface area contributed by atoms with Crippen molar-refractivity contribution in [3.63, 3.8) is 0 Å². The molecule has 0 aliphatic carbocycles. The number of halogens is 1. The first-order valence-electron chi connectivity index (χ1n) is 12.6. The molecule has 0 saturated heterocycles. The molecule has 0 spiro atoms. The maximum Gasteiger partial charge on any atom is 0.319 e. The normalized spacial score (nSPS) is 11.6. The Balaban J connectivity index is 1.97. The van der Waals surface area contributed by atoms with Gasteiger partial charge in [0.2, 0.25) is 5.91 Å². The van der Waals surface area contributed by atoms with Gasteiger partial charge in [-0.2, -0.15) is 0 Å². The predicted octanol–water partition coefficient (Wildman–Crippen LogP) is 6.14. The number of anilines is 2. The van der Waals surface area contributed by atoms with Gasteiger partial charge in [0.1, 0.15) is 5.82 Å². The van der Waals surface area contributed by atoms with Crippen LogP contribution in [0.4, 0.5) is 20.6 Å². The van der Waals surface area contributed by atoms with Crippen molar-refractivity contribution in [1.82, 2.24) is 10.2 Å². The van der Waals surface area contributed by atoms with E-state index in [1.165, 1.54) is 12.1 Å². The van der Waals surface area contributed by atoms with Crippen molar-refractivity contribution < 1.29 is 14.0 Å². The van der Waals surface area contributed by atoms with Gasteiger partial charge in [-0.15, -0.1) is 0 Å². The highest BCUT2D eigenvalue weighted by Crippen LogP contribution is 2.29. The summed E-state index contributed by atoms with van der Waals surface area (Å²) in [5.41, 5.74) is 4.29. The number of hydrogen-bond acceptors (Lipinski definition) is 3. The van der Waals surface area contributed by atoms with Crippen molar-refractivity contribution >= 4 is 23.3 Å². The maximum atomic E-state index is 14.0. The molecule has 37 heavy (non-hydrogen) atoms. The fourth-order valence-electron chi connectivity index (χ4n) is 4.34. The van der Waals surface area contributed by atoms with Crippen molar-refractivity contribution in [1.29, 1.82) is 0 Å². The van der Waals surface area contributed by atoms with Crippen LogP contribution in [0.3, 0.4) is 0 Å². The second kappa shape index (κ2) is 12.9. The van der Waals surface area contributed by atoms with Gasteiger partial charge in [0.05, 0.1) is 5.92 Å². The number of benzene rings is 3. The molecule has 0 saturated carbocycles. The van der Waals surface area contributed by atoms with Gasteiger partial charge in [0.25, 0.3) is 0 Å². The lowest BCUT2D eigenvalue weighted by molar-refractivity contribution is -0.134. The minimum atomic E-state index is -0.314. The maximum absolute atomic E-state index is 14.0. The molecule has 3 aromatic carbocycles. The van der Waals surface area contributed by atoms with Crippen LogP contribution in [-0.2, 0) is 17.9 Å². The number of carbonyl (C=O) groups is 2. The third-order valence-electron chi connectivity index (χ3n) is 6.11. The van der Waals surface area contributed by atoms with E-state index in [4.69, 9.17) is 0 Å². The van der Waals surface area contributed by atoms with Crippen LogP contribution >= 0.6 is 0 Å². The summed E-state index contributed by atoms with van der Waals surface area (Å²) in [6.07, 6.45) is 0.653. The molecule has 196 valence electrons. The van der Waals surface area contributed by atoms with E-state index in [1.54, 1.807) is 12.1 Å². The van der Waals surface area contributed by atoms with E-state index < -0.39 is 0 Å². The largest absolute Gasteiger partial charge is 0.377 e. The van der Waals surface area contributed by atoms with Crippen molar-refractivity contribution in [3.8, 4) is 0 Å². The van der Waals surface area contributed by atoms with Gasteiger partial charge in [0.15, 0.2) is 0 Å². The highest BCUT2D eigenvalue weighted by molar-refractivity contribution is 5.90. The van der Waals surface area contributed by atoms with E-state index in [1.807, 2.05) is 93.2 Å². The summed E-state index contributed by atoms with van der Waals surface area (Å²) in [4.78, 5) is 30.1. The number of urea groups is 1. The van der Waals surface area contributed by atoms with Crippen LogP contribution in [0.2, 0.25) is 0 Å². The quantitative estimate of drug-likeness (QED) is 0.348. The molecule has 3 aromatic rings. The Kier molecular flexibility index (Phi) is 9.66. The molecule has 7 heteroatoms.